The van der Waals surface area contributed by atoms with Crippen LogP contribution in [0.3, 0.4) is 0 Å². The number of amidine groups is 1. The van der Waals surface area contributed by atoms with Gasteiger partial charge in [-0.3, -0.25) is 5.41 Å². The zero-order valence-electron chi connectivity index (χ0n) is 7.95. The summed E-state index contributed by atoms with van der Waals surface area (Å²) >= 11 is 0. The molecular weight excluding hydrogens is 164 g/mol. The molecule has 0 fully saturated rings. The zero-order valence-corrected chi connectivity index (χ0v) is 7.95. The Hall–Kier alpha value is -1.51. The van der Waals surface area contributed by atoms with Gasteiger partial charge < -0.3 is 9.64 Å². The Balaban J connectivity index is 2.40. The summed E-state index contributed by atoms with van der Waals surface area (Å²) < 4.78 is 5.36. The Morgan fingerprint density at radius 2 is 1.92 bits per heavy atom. The molecule has 0 saturated heterocycles. The van der Waals surface area contributed by atoms with Crippen molar-refractivity contribution in [3.8, 4) is 5.75 Å². The van der Waals surface area contributed by atoms with Crippen LogP contribution in [-0.2, 0) is 0 Å². The number of hydrogen-bond acceptors (Lipinski definition) is 2. The van der Waals surface area contributed by atoms with Crippen LogP contribution in [0.15, 0.2) is 30.3 Å². The second kappa shape index (κ2) is 4.50. The molecule has 1 rings (SSSR count). The Labute approximate surface area is 78.4 Å². The second-order valence-corrected chi connectivity index (χ2v) is 2.94. The van der Waals surface area contributed by atoms with E-state index in [1.807, 2.05) is 44.4 Å². The van der Waals surface area contributed by atoms with Crippen LogP contribution < -0.4 is 4.74 Å². The number of benzene rings is 1. The molecule has 0 heterocycles. The van der Waals surface area contributed by atoms with E-state index in [2.05, 4.69) is 0 Å². The number of hydrogen-bond donors (Lipinski definition) is 1. The molecule has 0 unspecified atom stereocenters. The number of rotatable bonds is 3. The zero-order chi connectivity index (χ0) is 9.68. The second-order valence-electron chi connectivity index (χ2n) is 2.94. The highest BCUT2D eigenvalue weighted by atomic mass is 16.5. The summed E-state index contributed by atoms with van der Waals surface area (Å²) in [5.41, 5.74) is 0. The highest BCUT2D eigenvalue weighted by Crippen LogP contribution is 2.07. The normalized spacial score (nSPS) is 9.38. The van der Waals surface area contributed by atoms with Gasteiger partial charge in [-0.1, -0.05) is 18.2 Å². The van der Waals surface area contributed by atoms with Gasteiger partial charge in [0.2, 0.25) is 0 Å². The van der Waals surface area contributed by atoms with Gasteiger partial charge in [-0.25, -0.2) is 0 Å². The van der Waals surface area contributed by atoms with E-state index in [9.17, 15) is 0 Å². The summed E-state index contributed by atoms with van der Waals surface area (Å²) in [6.45, 7) is 0.316. The molecular formula is C10H14N2O. The Kier molecular flexibility index (Phi) is 3.31. The fourth-order valence-corrected chi connectivity index (χ4v) is 0.798. The molecule has 0 saturated carbocycles. The van der Waals surface area contributed by atoms with E-state index in [0.717, 1.165) is 5.75 Å². The topological polar surface area (TPSA) is 36.3 Å². The van der Waals surface area contributed by atoms with Crippen molar-refractivity contribution in [3.05, 3.63) is 30.3 Å². The lowest BCUT2D eigenvalue weighted by Gasteiger charge is -2.13. The monoisotopic (exact) mass is 178 g/mol. The summed E-state index contributed by atoms with van der Waals surface area (Å²) in [7, 11) is 3.66. The number of ether oxygens (including phenoxy) is 1. The molecule has 0 aliphatic carbocycles. The molecule has 1 aromatic carbocycles. The van der Waals surface area contributed by atoms with E-state index in [-0.39, 0.29) is 0 Å². The van der Waals surface area contributed by atoms with Gasteiger partial charge in [0.25, 0.3) is 0 Å². The van der Waals surface area contributed by atoms with E-state index < -0.39 is 0 Å². The van der Waals surface area contributed by atoms with Crippen LogP contribution in [0, 0.1) is 5.41 Å². The molecule has 70 valence electrons. The van der Waals surface area contributed by atoms with Crippen LogP contribution in [0.25, 0.3) is 0 Å². The van der Waals surface area contributed by atoms with E-state index in [0.29, 0.717) is 12.4 Å². The van der Waals surface area contributed by atoms with Gasteiger partial charge in [-0.05, 0) is 12.1 Å². The highest BCUT2D eigenvalue weighted by molar-refractivity contribution is 5.80. The number of nitrogens with zero attached hydrogens (tertiary/aromatic N) is 1. The van der Waals surface area contributed by atoms with Crippen LogP contribution in [0.1, 0.15) is 0 Å². The molecule has 0 bridgehead atoms. The van der Waals surface area contributed by atoms with Gasteiger partial charge in [0.15, 0.2) is 0 Å². The van der Waals surface area contributed by atoms with Gasteiger partial charge in [0, 0.05) is 14.1 Å². The van der Waals surface area contributed by atoms with Gasteiger partial charge in [-0.2, -0.15) is 0 Å². The fourth-order valence-electron chi connectivity index (χ4n) is 0.798. The van der Waals surface area contributed by atoms with E-state index >= 15 is 0 Å². The molecule has 1 aromatic rings. The maximum Gasteiger partial charge on any atom is 0.145 e. The van der Waals surface area contributed by atoms with Crippen molar-refractivity contribution >= 4 is 5.84 Å². The van der Waals surface area contributed by atoms with Crippen molar-refractivity contribution in [2.24, 2.45) is 0 Å². The quantitative estimate of drug-likeness (QED) is 0.564. The molecule has 0 spiro atoms. The van der Waals surface area contributed by atoms with Crippen LogP contribution in [-0.4, -0.2) is 31.4 Å². The minimum Gasteiger partial charge on any atom is -0.486 e. The van der Waals surface area contributed by atoms with Crippen molar-refractivity contribution in [2.75, 3.05) is 20.7 Å². The molecule has 0 atom stereocenters. The molecule has 0 aromatic heterocycles. The molecule has 1 N–H and O–H groups in total. The average molecular weight is 178 g/mol. The van der Waals surface area contributed by atoms with E-state index in [4.69, 9.17) is 10.1 Å². The standard InChI is InChI=1S/C10H14N2O/c1-12(2)10(11)8-13-9-6-4-3-5-7-9/h3-7,11H,8H2,1-2H3. The first-order valence-corrected chi connectivity index (χ1v) is 4.13. The predicted octanol–water partition coefficient (Wildman–Crippen LogP) is 1.60. The molecule has 13 heavy (non-hydrogen) atoms. The Morgan fingerprint density at radius 1 is 1.31 bits per heavy atom. The van der Waals surface area contributed by atoms with Gasteiger partial charge in [0.05, 0.1) is 0 Å². The van der Waals surface area contributed by atoms with Crippen molar-refractivity contribution < 1.29 is 4.74 Å². The Morgan fingerprint density at radius 3 is 2.46 bits per heavy atom. The summed E-state index contributed by atoms with van der Waals surface area (Å²) in [5.74, 6) is 1.26. The Bertz CT molecular complexity index is 270. The first kappa shape index (κ1) is 9.58. The van der Waals surface area contributed by atoms with Crippen LogP contribution in [0.5, 0.6) is 5.75 Å². The maximum atomic E-state index is 7.49. The molecule has 0 aliphatic rings. The lowest BCUT2D eigenvalue weighted by Crippen LogP contribution is -2.26. The minimum atomic E-state index is 0.316. The maximum absolute atomic E-state index is 7.49. The summed E-state index contributed by atoms with van der Waals surface area (Å²) in [5, 5.41) is 7.49. The number of nitrogens with one attached hydrogen (secondary N) is 1. The van der Waals surface area contributed by atoms with Crippen LogP contribution >= 0.6 is 0 Å². The SMILES string of the molecule is CN(C)C(=N)COc1ccccc1. The van der Waals surface area contributed by atoms with Crippen molar-refractivity contribution in [1.82, 2.24) is 4.90 Å². The first-order chi connectivity index (χ1) is 6.20. The van der Waals surface area contributed by atoms with E-state index in [1.54, 1.807) is 4.90 Å². The molecule has 3 heteroatoms. The molecule has 0 radical (unpaired) electrons. The summed E-state index contributed by atoms with van der Waals surface area (Å²) in [6, 6.07) is 9.51. The van der Waals surface area contributed by atoms with Crippen molar-refractivity contribution in [1.29, 1.82) is 5.41 Å². The third-order valence-corrected chi connectivity index (χ3v) is 1.66. The van der Waals surface area contributed by atoms with Crippen molar-refractivity contribution in [3.63, 3.8) is 0 Å². The number of para-hydroxylation sites is 1. The third-order valence-electron chi connectivity index (χ3n) is 1.66. The van der Waals surface area contributed by atoms with Gasteiger partial charge in [0.1, 0.15) is 18.2 Å². The summed E-state index contributed by atoms with van der Waals surface area (Å²) in [6.07, 6.45) is 0. The minimum absolute atomic E-state index is 0.316. The fraction of sp³-hybridized carbons (Fsp3) is 0.300. The van der Waals surface area contributed by atoms with Crippen LogP contribution in [0.2, 0.25) is 0 Å². The smallest absolute Gasteiger partial charge is 0.145 e. The highest BCUT2D eigenvalue weighted by Gasteiger charge is 1.99. The van der Waals surface area contributed by atoms with Crippen LogP contribution in [0.4, 0.5) is 0 Å². The molecule has 0 aliphatic heterocycles. The largest absolute Gasteiger partial charge is 0.486 e. The van der Waals surface area contributed by atoms with Crippen molar-refractivity contribution in [2.45, 2.75) is 0 Å². The predicted molar refractivity (Wildman–Crippen MR) is 53.4 cm³/mol. The first-order valence-electron chi connectivity index (χ1n) is 4.13. The average Bonchev–Trinajstić information content (AvgIpc) is 2.15. The lowest BCUT2D eigenvalue weighted by molar-refractivity contribution is 0.358. The molecule has 0 amide bonds. The lowest BCUT2D eigenvalue weighted by atomic mass is 10.3. The number of likely N-dealkylation sites (N-methyl/N-ethyl adjacent to an activating group) is 1. The van der Waals surface area contributed by atoms with E-state index in [1.165, 1.54) is 0 Å². The summed E-state index contributed by atoms with van der Waals surface area (Å²) in [4.78, 5) is 1.73. The third kappa shape index (κ3) is 3.15. The van der Waals surface area contributed by atoms with Gasteiger partial charge in [-0.15, -0.1) is 0 Å². The molecule has 3 nitrogen and oxygen atoms in total. The van der Waals surface area contributed by atoms with Gasteiger partial charge >= 0.3 is 0 Å².